The maximum Gasteiger partial charge on any atom is 0.254 e. The highest BCUT2D eigenvalue weighted by Crippen LogP contribution is 2.39. The van der Waals surface area contributed by atoms with Crippen LogP contribution in [0.2, 0.25) is 0 Å². The first-order valence-electron chi connectivity index (χ1n) is 16.2. The van der Waals surface area contributed by atoms with Crippen LogP contribution in [0.4, 0.5) is 10.1 Å². The van der Waals surface area contributed by atoms with Crippen molar-refractivity contribution in [2.24, 2.45) is 0 Å². The van der Waals surface area contributed by atoms with Crippen molar-refractivity contribution in [2.75, 3.05) is 38.0 Å². The Morgan fingerprint density at radius 3 is 2.42 bits per heavy atom. The Bertz CT molecular complexity index is 1420. The van der Waals surface area contributed by atoms with Gasteiger partial charge in [-0.05, 0) is 74.6 Å². The highest BCUT2D eigenvalue weighted by molar-refractivity contribution is 6.00. The molecule has 2 atom stereocenters. The molecule has 0 radical (unpaired) electrons. The molecule has 0 bridgehead atoms. The van der Waals surface area contributed by atoms with Gasteiger partial charge in [0.2, 0.25) is 11.8 Å². The first-order valence-corrected chi connectivity index (χ1v) is 16.2. The fourth-order valence-electron chi connectivity index (χ4n) is 6.69. The molecule has 2 saturated heterocycles. The van der Waals surface area contributed by atoms with E-state index in [1.165, 1.54) is 24.3 Å². The van der Waals surface area contributed by atoms with Crippen LogP contribution in [0, 0.1) is 5.82 Å². The summed E-state index contributed by atoms with van der Waals surface area (Å²) in [6.07, 6.45) is 6.74. The molecular formula is C34H45FN5O5+. The summed E-state index contributed by atoms with van der Waals surface area (Å²) in [4.78, 5) is 55.7. The van der Waals surface area contributed by atoms with Crippen LogP contribution in [-0.2, 0) is 9.59 Å². The summed E-state index contributed by atoms with van der Waals surface area (Å²) in [7, 11) is 0. The van der Waals surface area contributed by atoms with E-state index in [2.05, 4.69) is 16.0 Å². The van der Waals surface area contributed by atoms with E-state index in [4.69, 9.17) is 4.74 Å². The Morgan fingerprint density at radius 1 is 0.956 bits per heavy atom. The summed E-state index contributed by atoms with van der Waals surface area (Å²) >= 11 is 0. The zero-order chi connectivity index (χ0) is 32.1. The van der Waals surface area contributed by atoms with Crippen LogP contribution in [0.1, 0.15) is 91.5 Å². The summed E-state index contributed by atoms with van der Waals surface area (Å²) in [5, 5.41) is 7.66. The second-order valence-electron chi connectivity index (χ2n) is 12.8. The maximum absolute atomic E-state index is 14.4. The number of piperazine rings is 1. The number of carbonyl (C=O) groups excluding carboxylic acids is 4. The van der Waals surface area contributed by atoms with E-state index in [0.29, 0.717) is 11.5 Å². The van der Waals surface area contributed by atoms with Gasteiger partial charge in [0.25, 0.3) is 11.8 Å². The molecule has 242 valence electrons. The number of nitrogens with zero attached hydrogens (tertiary/aromatic N) is 2. The van der Waals surface area contributed by atoms with Crippen LogP contribution < -0.4 is 20.7 Å². The van der Waals surface area contributed by atoms with Gasteiger partial charge >= 0.3 is 0 Å². The quantitative estimate of drug-likeness (QED) is 0.418. The molecule has 45 heavy (non-hydrogen) atoms. The van der Waals surface area contributed by atoms with E-state index < -0.39 is 17.8 Å². The smallest absolute Gasteiger partial charge is 0.254 e. The van der Waals surface area contributed by atoms with E-state index in [1.54, 1.807) is 11.0 Å². The average Bonchev–Trinajstić information content (AvgIpc) is 3.53. The minimum atomic E-state index is -0.941. The minimum Gasteiger partial charge on any atom is -0.484 e. The summed E-state index contributed by atoms with van der Waals surface area (Å²) in [5.74, 6) is -1.02. The van der Waals surface area contributed by atoms with Crippen LogP contribution >= 0.6 is 0 Å². The lowest BCUT2D eigenvalue weighted by molar-refractivity contribution is -0.638. The van der Waals surface area contributed by atoms with E-state index in [-0.39, 0.29) is 60.8 Å². The predicted octanol–water partition coefficient (Wildman–Crippen LogP) is 3.04. The fourth-order valence-corrected chi connectivity index (χ4v) is 6.69. The van der Waals surface area contributed by atoms with Crippen molar-refractivity contribution in [3.8, 4) is 5.75 Å². The number of amides is 4. The number of ether oxygens (including phenoxy) is 1. The van der Waals surface area contributed by atoms with Gasteiger partial charge in [-0.15, -0.1) is 0 Å². The molecule has 4 amide bonds. The number of carbonyl (C=O) groups is 4. The van der Waals surface area contributed by atoms with Crippen molar-refractivity contribution in [1.82, 2.24) is 15.1 Å². The van der Waals surface area contributed by atoms with Crippen molar-refractivity contribution >= 4 is 29.3 Å². The second-order valence-corrected chi connectivity index (χ2v) is 12.8. The van der Waals surface area contributed by atoms with Crippen LogP contribution in [0.15, 0.2) is 36.4 Å². The molecule has 5 rings (SSSR count). The largest absolute Gasteiger partial charge is 0.484 e. The molecule has 1 aliphatic carbocycles. The lowest BCUT2D eigenvalue weighted by Gasteiger charge is -2.41. The van der Waals surface area contributed by atoms with Crippen LogP contribution in [0.5, 0.6) is 5.75 Å². The van der Waals surface area contributed by atoms with Gasteiger partial charge < -0.3 is 30.5 Å². The van der Waals surface area contributed by atoms with E-state index >= 15 is 0 Å². The first kappa shape index (κ1) is 32.4. The SMILES string of the molecule is CC(=O)Nc1cc(F)cc(C(=O)N2CCN(C(=O)c3ccc(O[C@H]4CC[NH2+]C4)c(C4CCCCC4)c3)C(C(=O)NC(C)C)C2)c1. The van der Waals surface area contributed by atoms with Crippen molar-refractivity contribution in [3.05, 3.63) is 58.9 Å². The number of quaternary nitrogens is 1. The Morgan fingerprint density at radius 2 is 1.73 bits per heavy atom. The Kier molecular flexibility index (Phi) is 10.4. The number of hydrogen-bond acceptors (Lipinski definition) is 5. The summed E-state index contributed by atoms with van der Waals surface area (Å²) < 4.78 is 20.8. The van der Waals surface area contributed by atoms with Gasteiger partial charge in [0.1, 0.15) is 24.2 Å². The third kappa shape index (κ3) is 8.00. The molecule has 11 heteroatoms. The molecule has 0 aromatic heterocycles. The summed E-state index contributed by atoms with van der Waals surface area (Å²) in [6.45, 7) is 7.18. The fraction of sp³-hybridized carbons (Fsp3) is 0.529. The molecule has 3 aliphatic rings. The van der Waals surface area contributed by atoms with Crippen LogP contribution in [0.25, 0.3) is 0 Å². The normalized spacial score (nSPS) is 20.6. The van der Waals surface area contributed by atoms with Gasteiger partial charge in [-0.2, -0.15) is 0 Å². The first-order chi connectivity index (χ1) is 21.6. The van der Waals surface area contributed by atoms with Gasteiger partial charge in [-0.1, -0.05) is 19.3 Å². The number of nitrogens with one attached hydrogen (secondary N) is 2. The predicted molar refractivity (Wildman–Crippen MR) is 168 cm³/mol. The summed E-state index contributed by atoms with van der Waals surface area (Å²) in [6, 6.07) is 8.19. The van der Waals surface area contributed by atoms with Gasteiger partial charge in [-0.3, -0.25) is 19.2 Å². The van der Waals surface area contributed by atoms with E-state index in [1.807, 2.05) is 26.0 Å². The number of benzene rings is 2. The molecule has 1 unspecified atom stereocenters. The highest BCUT2D eigenvalue weighted by Gasteiger charge is 2.38. The monoisotopic (exact) mass is 622 g/mol. The number of nitrogens with two attached hydrogens (primary N) is 1. The minimum absolute atomic E-state index is 0.0501. The molecule has 2 aromatic carbocycles. The van der Waals surface area contributed by atoms with E-state index in [0.717, 1.165) is 68.6 Å². The molecule has 3 fully saturated rings. The molecule has 0 spiro atoms. The van der Waals surface area contributed by atoms with Crippen LogP contribution in [-0.4, -0.2) is 84.3 Å². The lowest BCUT2D eigenvalue weighted by atomic mass is 9.83. The van der Waals surface area contributed by atoms with E-state index in [9.17, 15) is 23.6 Å². The van der Waals surface area contributed by atoms with Gasteiger partial charge in [0.05, 0.1) is 13.1 Å². The Hall–Kier alpha value is -3.99. The molecule has 10 nitrogen and oxygen atoms in total. The molecular weight excluding hydrogens is 577 g/mol. The van der Waals surface area contributed by atoms with Crippen molar-refractivity contribution in [2.45, 2.75) is 83.4 Å². The third-order valence-corrected chi connectivity index (χ3v) is 8.84. The van der Waals surface area contributed by atoms with Gasteiger partial charge in [0.15, 0.2) is 6.10 Å². The van der Waals surface area contributed by atoms with Crippen molar-refractivity contribution in [1.29, 1.82) is 0 Å². The second kappa shape index (κ2) is 14.4. The summed E-state index contributed by atoms with van der Waals surface area (Å²) in [5.41, 5.74) is 1.77. The topological polar surface area (TPSA) is 125 Å². The van der Waals surface area contributed by atoms with Gasteiger partial charge in [-0.25, -0.2) is 4.39 Å². The Labute approximate surface area is 264 Å². The number of anilines is 1. The number of halogens is 1. The molecule has 2 aliphatic heterocycles. The zero-order valence-electron chi connectivity index (χ0n) is 26.4. The molecule has 1 saturated carbocycles. The highest BCUT2D eigenvalue weighted by atomic mass is 19.1. The lowest BCUT2D eigenvalue weighted by Crippen LogP contribution is -2.81. The molecule has 2 heterocycles. The Balaban J connectivity index is 1.40. The number of rotatable bonds is 8. The molecule has 4 N–H and O–H groups in total. The van der Waals surface area contributed by atoms with Crippen LogP contribution in [0.3, 0.4) is 0 Å². The average molecular weight is 623 g/mol. The standard InChI is InChI=1S/C34H44FN5O5/c1-21(2)37-32(42)30-20-39(33(43)25-15-26(35)18-27(16-25)38-22(3)41)13-14-40(30)34(44)24-9-10-31(45-28-11-12-36-19-28)29(17-24)23-7-5-4-6-8-23/h9-10,15-18,21,23,28,30,36H,4-8,11-14,19-20H2,1-3H3,(H,37,42)(H,38,41)/p+1/t28-,30?/m0/s1. The van der Waals surface area contributed by atoms with Crippen molar-refractivity contribution < 1.29 is 33.6 Å². The molecule has 2 aromatic rings. The number of hydrogen-bond donors (Lipinski definition) is 3. The van der Waals surface area contributed by atoms with Crippen molar-refractivity contribution in [3.63, 3.8) is 0 Å². The zero-order valence-corrected chi connectivity index (χ0v) is 26.4. The van der Waals surface area contributed by atoms with Gasteiger partial charge in [0, 0.05) is 49.3 Å². The third-order valence-electron chi connectivity index (χ3n) is 8.84. The maximum atomic E-state index is 14.4.